The summed E-state index contributed by atoms with van der Waals surface area (Å²) >= 11 is 0. The first-order valence-corrected chi connectivity index (χ1v) is 5.89. The monoisotopic (exact) mass is 218 g/mol. The van der Waals surface area contributed by atoms with Crippen LogP contribution in [0.5, 0.6) is 0 Å². The number of hydrogen-bond donors (Lipinski definition) is 0. The van der Waals surface area contributed by atoms with Gasteiger partial charge in [-0.2, -0.15) is 0 Å². The smallest absolute Gasteiger partial charge is 0.0155 e. The zero-order valence-corrected chi connectivity index (χ0v) is 9.85. The molecule has 0 saturated carbocycles. The van der Waals surface area contributed by atoms with Gasteiger partial charge in [0.15, 0.2) is 0 Å². The van der Waals surface area contributed by atoms with E-state index in [1.807, 2.05) is 0 Å². The molecule has 0 saturated heterocycles. The predicted molar refractivity (Wildman–Crippen MR) is 74.1 cm³/mol. The van der Waals surface area contributed by atoms with Crippen molar-refractivity contribution in [3.05, 3.63) is 72.3 Å². The van der Waals surface area contributed by atoms with Gasteiger partial charge in [-0.3, -0.25) is 0 Å². The van der Waals surface area contributed by atoms with E-state index in [1.54, 1.807) is 0 Å². The van der Waals surface area contributed by atoms with Crippen molar-refractivity contribution in [2.45, 2.75) is 6.92 Å². The van der Waals surface area contributed by atoms with Gasteiger partial charge in [0.1, 0.15) is 0 Å². The normalized spacial score (nSPS) is 10.6. The molecule has 17 heavy (non-hydrogen) atoms. The minimum Gasteiger partial charge on any atom is -0.0620 e. The molecule has 0 heterocycles. The maximum Gasteiger partial charge on any atom is -0.0155 e. The first-order valence-electron chi connectivity index (χ1n) is 5.89. The van der Waals surface area contributed by atoms with Crippen LogP contribution in [0.4, 0.5) is 0 Å². The molecule has 3 aromatic carbocycles. The molecular formula is C17H14. The van der Waals surface area contributed by atoms with Crippen molar-refractivity contribution >= 4 is 10.8 Å². The fourth-order valence-corrected chi connectivity index (χ4v) is 2.25. The molecule has 0 amide bonds. The van der Waals surface area contributed by atoms with Crippen molar-refractivity contribution in [2.75, 3.05) is 0 Å². The molecule has 0 heteroatoms. The van der Waals surface area contributed by atoms with Crippen LogP contribution in [-0.4, -0.2) is 0 Å². The highest BCUT2D eigenvalue weighted by atomic mass is 14.1. The third kappa shape index (κ3) is 1.83. The lowest BCUT2D eigenvalue weighted by Gasteiger charge is -2.07. The molecule has 3 rings (SSSR count). The molecule has 0 aromatic heterocycles. The molecule has 0 aliphatic rings. The van der Waals surface area contributed by atoms with E-state index in [9.17, 15) is 0 Å². The van der Waals surface area contributed by atoms with E-state index in [0.717, 1.165) is 0 Å². The average molecular weight is 218 g/mol. The molecule has 0 radical (unpaired) electrons. The Morgan fingerprint density at radius 2 is 1.35 bits per heavy atom. The molecular weight excluding hydrogens is 204 g/mol. The Kier molecular flexibility index (Phi) is 2.41. The topological polar surface area (TPSA) is 0 Å². The highest BCUT2D eigenvalue weighted by Gasteiger charge is 2.01. The molecule has 0 aliphatic carbocycles. The fourth-order valence-electron chi connectivity index (χ4n) is 2.25. The van der Waals surface area contributed by atoms with Gasteiger partial charge >= 0.3 is 0 Å². The molecule has 0 spiro atoms. The Balaban J connectivity index is 2.22. The number of rotatable bonds is 1. The SMILES string of the molecule is Cc1ccccc1-c1ccc2ccccc2c1. The van der Waals surface area contributed by atoms with E-state index in [-0.39, 0.29) is 0 Å². The largest absolute Gasteiger partial charge is 0.0620 e. The number of benzene rings is 3. The third-order valence-electron chi connectivity index (χ3n) is 3.21. The predicted octanol–water partition coefficient (Wildman–Crippen LogP) is 4.82. The Morgan fingerprint density at radius 1 is 0.647 bits per heavy atom. The Bertz CT molecular complexity index is 665. The quantitative estimate of drug-likeness (QED) is 0.549. The number of hydrogen-bond acceptors (Lipinski definition) is 0. The summed E-state index contributed by atoms with van der Waals surface area (Å²) in [6, 6.07) is 23.6. The van der Waals surface area contributed by atoms with Crippen molar-refractivity contribution in [1.82, 2.24) is 0 Å². The van der Waals surface area contributed by atoms with Crippen LogP contribution in [0.15, 0.2) is 66.7 Å². The molecule has 0 bridgehead atoms. The van der Waals surface area contributed by atoms with Crippen LogP contribution in [0.25, 0.3) is 21.9 Å². The van der Waals surface area contributed by atoms with E-state index >= 15 is 0 Å². The Labute approximate surface area is 102 Å². The summed E-state index contributed by atoms with van der Waals surface area (Å²) in [5.41, 5.74) is 3.93. The van der Waals surface area contributed by atoms with Crippen molar-refractivity contribution in [3.63, 3.8) is 0 Å². The molecule has 82 valence electrons. The van der Waals surface area contributed by atoms with Crippen molar-refractivity contribution in [1.29, 1.82) is 0 Å². The average Bonchev–Trinajstić information content (AvgIpc) is 2.39. The van der Waals surface area contributed by atoms with Crippen molar-refractivity contribution < 1.29 is 0 Å². The van der Waals surface area contributed by atoms with Crippen LogP contribution in [0.1, 0.15) is 5.56 Å². The van der Waals surface area contributed by atoms with Gasteiger partial charge in [0.25, 0.3) is 0 Å². The van der Waals surface area contributed by atoms with Crippen LogP contribution in [0.3, 0.4) is 0 Å². The van der Waals surface area contributed by atoms with Crippen LogP contribution in [0, 0.1) is 6.92 Å². The minimum atomic E-state index is 1.29. The molecule has 0 aliphatic heterocycles. The molecule has 3 aromatic rings. The second-order valence-corrected chi connectivity index (χ2v) is 4.38. The van der Waals surface area contributed by atoms with E-state index in [0.29, 0.717) is 0 Å². The van der Waals surface area contributed by atoms with Gasteiger partial charge in [0, 0.05) is 0 Å². The third-order valence-corrected chi connectivity index (χ3v) is 3.21. The van der Waals surface area contributed by atoms with Crippen molar-refractivity contribution in [2.24, 2.45) is 0 Å². The van der Waals surface area contributed by atoms with Gasteiger partial charge in [-0.05, 0) is 40.5 Å². The molecule has 0 nitrogen and oxygen atoms in total. The maximum atomic E-state index is 2.26. The van der Waals surface area contributed by atoms with Crippen LogP contribution < -0.4 is 0 Å². The van der Waals surface area contributed by atoms with Crippen LogP contribution in [-0.2, 0) is 0 Å². The van der Waals surface area contributed by atoms with E-state index in [1.165, 1.54) is 27.5 Å². The zero-order chi connectivity index (χ0) is 11.7. The van der Waals surface area contributed by atoms with Gasteiger partial charge in [-0.25, -0.2) is 0 Å². The summed E-state index contributed by atoms with van der Waals surface area (Å²) in [7, 11) is 0. The highest BCUT2D eigenvalue weighted by molar-refractivity contribution is 5.87. The lowest BCUT2D eigenvalue weighted by molar-refractivity contribution is 1.46. The summed E-state index contributed by atoms with van der Waals surface area (Å²) in [6.07, 6.45) is 0. The fraction of sp³-hybridized carbons (Fsp3) is 0.0588. The van der Waals surface area contributed by atoms with Gasteiger partial charge < -0.3 is 0 Å². The zero-order valence-electron chi connectivity index (χ0n) is 9.85. The van der Waals surface area contributed by atoms with E-state index < -0.39 is 0 Å². The lowest BCUT2D eigenvalue weighted by atomic mass is 9.98. The lowest BCUT2D eigenvalue weighted by Crippen LogP contribution is -1.82. The molecule has 0 atom stereocenters. The Morgan fingerprint density at radius 3 is 2.18 bits per heavy atom. The van der Waals surface area contributed by atoms with Crippen LogP contribution in [0.2, 0.25) is 0 Å². The first-order chi connectivity index (χ1) is 8.34. The number of fused-ring (bicyclic) bond motifs is 1. The summed E-state index contributed by atoms with van der Waals surface area (Å²) in [5, 5.41) is 2.60. The Hall–Kier alpha value is -2.08. The summed E-state index contributed by atoms with van der Waals surface area (Å²) < 4.78 is 0. The van der Waals surface area contributed by atoms with Gasteiger partial charge in [0.2, 0.25) is 0 Å². The van der Waals surface area contributed by atoms with Gasteiger partial charge in [-0.1, -0.05) is 60.7 Å². The summed E-state index contributed by atoms with van der Waals surface area (Å²) in [4.78, 5) is 0. The second kappa shape index (κ2) is 4.06. The standard InChI is InChI=1S/C17H14/c1-13-6-2-5-9-17(13)16-11-10-14-7-3-4-8-15(14)12-16/h2-12H,1H3. The van der Waals surface area contributed by atoms with E-state index in [4.69, 9.17) is 0 Å². The molecule has 0 N–H and O–H groups in total. The number of aryl methyl sites for hydroxylation is 1. The summed E-state index contributed by atoms with van der Waals surface area (Å²) in [6.45, 7) is 2.16. The van der Waals surface area contributed by atoms with E-state index in [2.05, 4.69) is 73.7 Å². The van der Waals surface area contributed by atoms with Crippen LogP contribution >= 0.6 is 0 Å². The molecule has 0 unspecified atom stereocenters. The summed E-state index contributed by atoms with van der Waals surface area (Å²) in [5.74, 6) is 0. The highest BCUT2D eigenvalue weighted by Crippen LogP contribution is 2.26. The second-order valence-electron chi connectivity index (χ2n) is 4.38. The van der Waals surface area contributed by atoms with Crippen molar-refractivity contribution in [3.8, 4) is 11.1 Å². The minimum absolute atomic E-state index is 1.29. The first kappa shape index (κ1) is 10.1. The maximum absolute atomic E-state index is 2.26. The van der Waals surface area contributed by atoms with Gasteiger partial charge in [0.05, 0.1) is 0 Å². The van der Waals surface area contributed by atoms with Gasteiger partial charge in [-0.15, -0.1) is 0 Å². The molecule has 0 fully saturated rings.